The van der Waals surface area contributed by atoms with E-state index in [4.69, 9.17) is 4.52 Å². The summed E-state index contributed by atoms with van der Waals surface area (Å²) in [7, 11) is 0. The van der Waals surface area contributed by atoms with Crippen LogP contribution in [0.15, 0.2) is 10.6 Å². The molecule has 0 radical (unpaired) electrons. The van der Waals surface area contributed by atoms with Gasteiger partial charge in [0.1, 0.15) is 11.5 Å². The van der Waals surface area contributed by atoms with E-state index in [9.17, 15) is 4.79 Å². The van der Waals surface area contributed by atoms with Gasteiger partial charge in [0.15, 0.2) is 5.78 Å². The highest BCUT2D eigenvalue weighted by atomic mass is 16.5. The Kier molecular flexibility index (Phi) is 3.94. The quantitative estimate of drug-likeness (QED) is 0.751. The molecular formula is C13H20N2O2. The molecule has 0 aromatic carbocycles. The van der Waals surface area contributed by atoms with E-state index in [1.807, 2.05) is 0 Å². The highest BCUT2D eigenvalue weighted by Gasteiger charge is 2.21. The van der Waals surface area contributed by atoms with Gasteiger partial charge in [0.2, 0.25) is 0 Å². The Balaban J connectivity index is 1.93. The zero-order valence-corrected chi connectivity index (χ0v) is 10.6. The van der Waals surface area contributed by atoms with Crippen molar-refractivity contribution in [1.29, 1.82) is 0 Å². The van der Waals surface area contributed by atoms with Gasteiger partial charge in [0.05, 0.1) is 0 Å². The average molecular weight is 236 g/mol. The van der Waals surface area contributed by atoms with Crippen molar-refractivity contribution in [2.24, 2.45) is 5.92 Å². The molecule has 1 aliphatic rings. The molecule has 0 saturated carbocycles. The second-order valence-electron chi connectivity index (χ2n) is 4.84. The Morgan fingerprint density at radius 3 is 3.12 bits per heavy atom. The van der Waals surface area contributed by atoms with Gasteiger partial charge in [-0.3, -0.25) is 4.79 Å². The minimum absolute atomic E-state index is 0.0289. The minimum atomic E-state index is -0.0289. The number of hydrogen-bond donors (Lipinski definition) is 0. The van der Waals surface area contributed by atoms with Crippen LogP contribution in [0.3, 0.4) is 0 Å². The van der Waals surface area contributed by atoms with Crippen molar-refractivity contribution in [3.63, 3.8) is 0 Å². The van der Waals surface area contributed by atoms with Gasteiger partial charge < -0.3 is 9.42 Å². The molecule has 17 heavy (non-hydrogen) atoms. The highest BCUT2D eigenvalue weighted by molar-refractivity contribution is 5.91. The number of Topliss-reactive ketones (excluding diaryl/α,β-unsaturated/α-hetero) is 1. The van der Waals surface area contributed by atoms with Crippen LogP contribution in [0, 0.1) is 5.92 Å². The van der Waals surface area contributed by atoms with Crippen molar-refractivity contribution in [3.05, 3.63) is 17.5 Å². The first kappa shape index (κ1) is 12.3. The maximum atomic E-state index is 11.1. The number of carbonyl (C=O) groups is 1. The predicted molar refractivity (Wildman–Crippen MR) is 65.0 cm³/mol. The molecule has 1 aromatic rings. The summed E-state index contributed by atoms with van der Waals surface area (Å²) in [5.74, 6) is 1.45. The lowest BCUT2D eigenvalue weighted by atomic mass is 9.93. The van der Waals surface area contributed by atoms with Crippen LogP contribution >= 0.6 is 0 Å². The van der Waals surface area contributed by atoms with Crippen molar-refractivity contribution in [2.75, 3.05) is 19.6 Å². The lowest BCUT2D eigenvalue weighted by molar-refractivity contribution is 0.100. The Morgan fingerprint density at radius 2 is 2.47 bits per heavy atom. The Labute approximate surface area is 102 Å². The molecule has 0 N–H and O–H groups in total. The standard InChI is InChI=1S/C13H20N2O2/c1-3-15-6-4-5-11(9-15)7-12-8-13(10(2)16)14-17-12/h8,11H,3-7,9H2,1-2H3. The first-order chi connectivity index (χ1) is 8.19. The van der Waals surface area contributed by atoms with Gasteiger partial charge in [0, 0.05) is 26.0 Å². The van der Waals surface area contributed by atoms with Gasteiger partial charge in [-0.05, 0) is 31.8 Å². The van der Waals surface area contributed by atoms with Crippen molar-refractivity contribution in [1.82, 2.24) is 10.1 Å². The van der Waals surface area contributed by atoms with Gasteiger partial charge in [-0.15, -0.1) is 0 Å². The van der Waals surface area contributed by atoms with Crippen LogP contribution in [-0.2, 0) is 6.42 Å². The summed E-state index contributed by atoms with van der Waals surface area (Å²) < 4.78 is 5.21. The summed E-state index contributed by atoms with van der Waals surface area (Å²) in [6.45, 7) is 7.17. The zero-order valence-electron chi connectivity index (χ0n) is 10.6. The van der Waals surface area contributed by atoms with Crippen molar-refractivity contribution >= 4 is 5.78 Å². The molecule has 0 amide bonds. The first-order valence-electron chi connectivity index (χ1n) is 6.38. The molecule has 0 spiro atoms. The summed E-state index contributed by atoms with van der Waals surface area (Å²) in [4.78, 5) is 13.6. The van der Waals surface area contributed by atoms with Crippen molar-refractivity contribution in [2.45, 2.75) is 33.1 Å². The van der Waals surface area contributed by atoms with Crippen LogP contribution in [0.25, 0.3) is 0 Å². The molecule has 2 rings (SSSR count). The number of nitrogens with zero attached hydrogens (tertiary/aromatic N) is 2. The normalized spacial score (nSPS) is 21.6. The van der Waals surface area contributed by atoms with Gasteiger partial charge in [-0.2, -0.15) is 0 Å². The number of piperidine rings is 1. The SMILES string of the molecule is CCN1CCCC(Cc2cc(C(C)=O)no2)C1. The summed E-state index contributed by atoms with van der Waals surface area (Å²) in [6.07, 6.45) is 3.40. The van der Waals surface area contributed by atoms with Crippen LogP contribution < -0.4 is 0 Å². The summed E-state index contributed by atoms with van der Waals surface area (Å²) in [6, 6.07) is 1.78. The molecule has 0 bridgehead atoms. The third-order valence-corrected chi connectivity index (χ3v) is 3.46. The second kappa shape index (κ2) is 5.45. The van der Waals surface area contributed by atoms with E-state index in [2.05, 4.69) is 17.0 Å². The molecule has 2 heterocycles. The van der Waals surface area contributed by atoms with Gasteiger partial charge in [0.25, 0.3) is 0 Å². The summed E-state index contributed by atoms with van der Waals surface area (Å²) >= 11 is 0. The van der Waals surface area contributed by atoms with Crippen LogP contribution in [0.4, 0.5) is 0 Å². The molecule has 4 nitrogen and oxygen atoms in total. The maximum Gasteiger partial charge on any atom is 0.181 e. The number of carbonyl (C=O) groups excluding carboxylic acids is 1. The van der Waals surface area contributed by atoms with E-state index in [0.717, 1.165) is 25.3 Å². The van der Waals surface area contributed by atoms with Gasteiger partial charge >= 0.3 is 0 Å². The van der Waals surface area contributed by atoms with Gasteiger partial charge in [-0.25, -0.2) is 0 Å². The fourth-order valence-electron chi connectivity index (χ4n) is 2.46. The molecule has 1 aliphatic heterocycles. The lowest BCUT2D eigenvalue weighted by Gasteiger charge is -2.31. The highest BCUT2D eigenvalue weighted by Crippen LogP contribution is 2.21. The number of aromatic nitrogens is 1. The Bertz CT molecular complexity index is 387. The minimum Gasteiger partial charge on any atom is -0.361 e. The number of ketones is 1. The molecule has 0 aliphatic carbocycles. The number of hydrogen-bond acceptors (Lipinski definition) is 4. The maximum absolute atomic E-state index is 11.1. The van der Waals surface area contributed by atoms with E-state index in [1.165, 1.54) is 26.3 Å². The van der Waals surface area contributed by atoms with Crippen molar-refractivity contribution < 1.29 is 9.32 Å². The third-order valence-electron chi connectivity index (χ3n) is 3.46. The van der Waals surface area contributed by atoms with Gasteiger partial charge in [-0.1, -0.05) is 12.1 Å². The summed E-state index contributed by atoms with van der Waals surface area (Å²) in [5.41, 5.74) is 0.447. The topological polar surface area (TPSA) is 46.3 Å². The smallest absolute Gasteiger partial charge is 0.181 e. The molecular weight excluding hydrogens is 216 g/mol. The van der Waals surface area contributed by atoms with Crippen LogP contribution in [0.2, 0.25) is 0 Å². The fourth-order valence-corrected chi connectivity index (χ4v) is 2.46. The molecule has 1 unspecified atom stereocenters. The van der Waals surface area contributed by atoms with E-state index in [1.54, 1.807) is 6.07 Å². The monoisotopic (exact) mass is 236 g/mol. The van der Waals surface area contributed by atoms with Crippen LogP contribution in [0.1, 0.15) is 42.9 Å². The molecule has 1 aromatic heterocycles. The fraction of sp³-hybridized carbons (Fsp3) is 0.692. The molecule has 4 heteroatoms. The van der Waals surface area contributed by atoms with E-state index < -0.39 is 0 Å². The molecule has 1 atom stereocenters. The third kappa shape index (κ3) is 3.16. The Morgan fingerprint density at radius 1 is 1.65 bits per heavy atom. The van der Waals surface area contributed by atoms with E-state index in [0.29, 0.717) is 11.6 Å². The van der Waals surface area contributed by atoms with E-state index >= 15 is 0 Å². The van der Waals surface area contributed by atoms with E-state index in [-0.39, 0.29) is 5.78 Å². The largest absolute Gasteiger partial charge is 0.361 e. The predicted octanol–water partition coefficient (Wildman–Crippen LogP) is 2.15. The van der Waals surface area contributed by atoms with Crippen LogP contribution in [-0.4, -0.2) is 35.5 Å². The molecule has 1 saturated heterocycles. The second-order valence-corrected chi connectivity index (χ2v) is 4.84. The van der Waals surface area contributed by atoms with Crippen LogP contribution in [0.5, 0.6) is 0 Å². The number of rotatable bonds is 4. The van der Waals surface area contributed by atoms with Crippen molar-refractivity contribution in [3.8, 4) is 0 Å². The average Bonchev–Trinajstić information content (AvgIpc) is 2.78. The molecule has 94 valence electrons. The molecule has 1 fully saturated rings. The zero-order chi connectivity index (χ0) is 12.3. The summed E-state index contributed by atoms with van der Waals surface area (Å²) in [5, 5.41) is 3.78. The lowest BCUT2D eigenvalue weighted by Crippen LogP contribution is -2.35. The number of likely N-dealkylation sites (tertiary alicyclic amines) is 1. The Hall–Kier alpha value is -1.16. The first-order valence-corrected chi connectivity index (χ1v) is 6.38.